The van der Waals surface area contributed by atoms with Crippen molar-refractivity contribution >= 4 is 71.2 Å². The average Bonchev–Trinajstić information content (AvgIpc) is 3.70. The van der Waals surface area contributed by atoms with Crippen molar-refractivity contribution in [1.82, 2.24) is 18.5 Å². The Bertz CT molecular complexity index is 2690. The highest BCUT2D eigenvalue weighted by atomic mass is 15.2. The summed E-state index contributed by atoms with van der Waals surface area (Å²) < 4.78 is 6.95. The van der Waals surface area contributed by atoms with Crippen LogP contribution >= 0.6 is 0 Å². The molecule has 10 aromatic rings. The van der Waals surface area contributed by atoms with Crippen LogP contribution in [0.1, 0.15) is 0 Å². The number of hydrogen-bond acceptors (Lipinski definition) is 1. The Labute approximate surface area is 246 Å². The standard InChI is InChI=1S/C39H24N4/c1-2-12-25(13-3-1)41-34-19-9-8-18-32(34)37-38(41)40-39-42(35-20-10-11-21-36(35)43(37)39)26-22-23-31-29-16-5-4-14-27(29)28-15-6-7-17-30(28)33(31)24-26/h1-24H. The number of aromatic nitrogens is 4. The summed E-state index contributed by atoms with van der Waals surface area (Å²) in [5.74, 6) is 0.908. The van der Waals surface area contributed by atoms with Gasteiger partial charge in [0.15, 0.2) is 5.65 Å². The van der Waals surface area contributed by atoms with E-state index in [9.17, 15) is 0 Å². The molecule has 0 N–H and O–H groups in total. The van der Waals surface area contributed by atoms with Crippen LogP contribution in [0.3, 0.4) is 0 Å². The van der Waals surface area contributed by atoms with Crippen LogP contribution in [0.25, 0.3) is 82.6 Å². The molecule has 7 aromatic carbocycles. The molecule has 4 nitrogen and oxygen atoms in total. The van der Waals surface area contributed by atoms with E-state index in [1.807, 2.05) is 0 Å². The molecule has 0 bridgehead atoms. The van der Waals surface area contributed by atoms with E-state index in [1.54, 1.807) is 0 Å². The predicted octanol–water partition coefficient (Wildman–Crippen LogP) is 9.83. The monoisotopic (exact) mass is 548 g/mol. The van der Waals surface area contributed by atoms with Crippen molar-refractivity contribution in [1.29, 1.82) is 0 Å². The molecule has 0 fully saturated rings. The number of nitrogens with zero attached hydrogens (tertiary/aromatic N) is 4. The molecule has 0 saturated carbocycles. The van der Waals surface area contributed by atoms with Crippen molar-refractivity contribution in [3.05, 3.63) is 146 Å². The molecule has 0 amide bonds. The van der Waals surface area contributed by atoms with Crippen molar-refractivity contribution in [2.45, 2.75) is 0 Å². The van der Waals surface area contributed by atoms with Crippen LogP contribution in [-0.2, 0) is 0 Å². The average molecular weight is 549 g/mol. The number of imidazole rings is 2. The second-order valence-electron chi connectivity index (χ2n) is 11.3. The molecule has 10 rings (SSSR count). The maximum absolute atomic E-state index is 5.42. The fraction of sp³-hybridized carbons (Fsp3) is 0. The zero-order chi connectivity index (χ0) is 28.1. The Hall–Kier alpha value is -5.87. The molecule has 0 radical (unpaired) electrons. The van der Waals surface area contributed by atoms with E-state index in [4.69, 9.17) is 4.98 Å². The van der Waals surface area contributed by atoms with Gasteiger partial charge in [0.25, 0.3) is 0 Å². The first kappa shape index (κ1) is 22.8. The Morgan fingerprint density at radius 2 is 0.907 bits per heavy atom. The van der Waals surface area contributed by atoms with E-state index in [0.717, 1.165) is 44.9 Å². The summed E-state index contributed by atoms with van der Waals surface area (Å²) in [6, 6.07) is 52.2. The van der Waals surface area contributed by atoms with Gasteiger partial charge < -0.3 is 0 Å². The molecule has 43 heavy (non-hydrogen) atoms. The number of hydrogen-bond donors (Lipinski definition) is 0. The lowest BCUT2D eigenvalue weighted by Gasteiger charge is -2.13. The minimum Gasteiger partial charge on any atom is -0.292 e. The van der Waals surface area contributed by atoms with Crippen molar-refractivity contribution in [3.8, 4) is 11.4 Å². The van der Waals surface area contributed by atoms with Crippen molar-refractivity contribution in [3.63, 3.8) is 0 Å². The molecule has 0 aliphatic carbocycles. The maximum Gasteiger partial charge on any atom is 0.222 e. The second kappa shape index (κ2) is 8.34. The van der Waals surface area contributed by atoms with E-state index >= 15 is 0 Å². The Kier molecular flexibility index (Phi) is 4.42. The normalized spacial score (nSPS) is 12.2. The molecular weight excluding hydrogens is 524 g/mol. The maximum atomic E-state index is 5.42. The highest BCUT2D eigenvalue weighted by molar-refractivity contribution is 6.25. The van der Waals surface area contributed by atoms with Crippen LogP contribution in [-0.4, -0.2) is 18.5 Å². The minimum atomic E-state index is 0.908. The van der Waals surface area contributed by atoms with Crippen molar-refractivity contribution < 1.29 is 0 Å². The SMILES string of the molecule is c1ccc(-n2c3ccccc3c3c2nc2n(-c4ccc5c6ccccc6c6ccccc6c5c4)c4ccccc4n32)cc1. The van der Waals surface area contributed by atoms with Gasteiger partial charge in [-0.05, 0) is 74.8 Å². The van der Waals surface area contributed by atoms with E-state index in [1.165, 1.54) is 37.7 Å². The first-order valence-corrected chi connectivity index (χ1v) is 14.7. The van der Waals surface area contributed by atoms with Gasteiger partial charge in [0.05, 0.1) is 16.6 Å². The van der Waals surface area contributed by atoms with Crippen LogP contribution in [0, 0.1) is 0 Å². The first-order chi connectivity index (χ1) is 21.4. The van der Waals surface area contributed by atoms with E-state index < -0.39 is 0 Å². The topological polar surface area (TPSA) is 27.2 Å². The zero-order valence-electron chi connectivity index (χ0n) is 23.1. The lowest BCUT2D eigenvalue weighted by Crippen LogP contribution is -1.97. The van der Waals surface area contributed by atoms with Crippen molar-refractivity contribution in [2.24, 2.45) is 0 Å². The summed E-state index contributed by atoms with van der Waals surface area (Å²) in [4.78, 5) is 5.42. The molecule has 0 spiro atoms. The van der Waals surface area contributed by atoms with Crippen LogP contribution < -0.4 is 0 Å². The van der Waals surface area contributed by atoms with Gasteiger partial charge in [0.2, 0.25) is 5.78 Å². The number of para-hydroxylation sites is 4. The Morgan fingerprint density at radius 1 is 0.372 bits per heavy atom. The van der Waals surface area contributed by atoms with Gasteiger partial charge in [-0.15, -0.1) is 0 Å². The summed E-state index contributed by atoms with van der Waals surface area (Å²) in [6.45, 7) is 0. The van der Waals surface area contributed by atoms with Crippen LogP contribution in [0.4, 0.5) is 0 Å². The smallest absolute Gasteiger partial charge is 0.222 e. The molecule has 0 saturated heterocycles. The fourth-order valence-electron chi connectivity index (χ4n) is 7.23. The van der Waals surface area contributed by atoms with Gasteiger partial charge >= 0.3 is 0 Å². The molecule has 0 atom stereocenters. The fourth-order valence-corrected chi connectivity index (χ4v) is 7.23. The van der Waals surface area contributed by atoms with Gasteiger partial charge in [-0.3, -0.25) is 13.5 Å². The van der Waals surface area contributed by atoms with Gasteiger partial charge in [0.1, 0.15) is 5.52 Å². The highest BCUT2D eigenvalue weighted by Crippen LogP contribution is 2.39. The van der Waals surface area contributed by atoms with Crippen LogP contribution in [0.15, 0.2) is 146 Å². The van der Waals surface area contributed by atoms with E-state index in [-0.39, 0.29) is 0 Å². The summed E-state index contributed by atoms with van der Waals surface area (Å²) in [5.41, 5.74) is 7.71. The van der Waals surface area contributed by atoms with Crippen LogP contribution in [0.2, 0.25) is 0 Å². The number of fused-ring (bicyclic) bond motifs is 13. The third-order valence-electron chi connectivity index (χ3n) is 9.02. The molecule has 3 heterocycles. The molecule has 3 aromatic heterocycles. The lowest BCUT2D eigenvalue weighted by molar-refractivity contribution is 1.09. The molecule has 0 aliphatic rings. The minimum absolute atomic E-state index is 0.908. The zero-order valence-corrected chi connectivity index (χ0v) is 23.1. The summed E-state index contributed by atoms with van der Waals surface area (Å²) >= 11 is 0. The largest absolute Gasteiger partial charge is 0.292 e. The number of rotatable bonds is 2. The quantitative estimate of drug-likeness (QED) is 0.198. The van der Waals surface area contributed by atoms with E-state index in [2.05, 4.69) is 159 Å². The van der Waals surface area contributed by atoms with Gasteiger partial charge in [-0.2, -0.15) is 4.98 Å². The first-order valence-electron chi connectivity index (χ1n) is 14.7. The number of benzene rings is 7. The van der Waals surface area contributed by atoms with Gasteiger partial charge in [-0.25, -0.2) is 0 Å². The van der Waals surface area contributed by atoms with E-state index in [0.29, 0.717) is 0 Å². The van der Waals surface area contributed by atoms with Crippen LogP contribution in [0.5, 0.6) is 0 Å². The second-order valence-corrected chi connectivity index (χ2v) is 11.3. The van der Waals surface area contributed by atoms with Gasteiger partial charge in [0, 0.05) is 16.8 Å². The summed E-state index contributed by atoms with van der Waals surface area (Å²) in [6.07, 6.45) is 0. The molecule has 0 unspecified atom stereocenters. The lowest BCUT2D eigenvalue weighted by atomic mass is 9.94. The molecule has 4 heteroatoms. The summed E-state index contributed by atoms with van der Waals surface area (Å²) in [7, 11) is 0. The third kappa shape index (κ3) is 2.97. The Balaban J connectivity index is 1.36. The molecule has 0 aliphatic heterocycles. The third-order valence-corrected chi connectivity index (χ3v) is 9.02. The Morgan fingerprint density at radius 3 is 1.60 bits per heavy atom. The predicted molar refractivity (Wildman–Crippen MR) is 179 cm³/mol. The highest BCUT2D eigenvalue weighted by Gasteiger charge is 2.23. The molecular formula is C39H24N4. The van der Waals surface area contributed by atoms with Gasteiger partial charge in [-0.1, -0.05) is 103 Å². The molecule has 200 valence electrons. The summed E-state index contributed by atoms with van der Waals surface area (Å²) in [5, 5.41) is 8.81. The van der Waals surface area contributed by atoms with Crippen molar-refractivity contribution in [2.75, 3.05) is 0 Å².